The standard InChI is InChI=1S/C49H89NO5/c1-4-7-10-13-16-19-21-23-24-26-27-29-32-35-38-41-47(52)46(44-51)50-48(53)43-45(40-37-34-31-18-15-12-9-6-3)55-49(54)42-39-36-33-30-28-25-22-20-17-14-11-8-5-2/h8,11,14,17,20,22,25,28,45-47,51-52H,4-7,9-10,12-13,15-16,18-19,21,23-24,26-27,29-44H2,1-3H3,(H,50,53)/b11-8+,17-14+,22-20-,28-25-. The van der Waals surface area contributed by atoms with Crippen LogP contribution in [0.25, 0.3) is 0 Å². The number of ether oxygens (including phenoxy) is 1. The first-order chi connectivity index (χ1) is 27.0. The van der Waals surface area contributed by atoms with E-state index in [1.807, 2.05) is 30.4 Å². The molecule has 6 nitrogen and oxygen atoms in total. The van der Waals surface area contributed by atoms with Gasteiger partial charge >= 0.3 is 5.97 Å². The first kappa shape index (κ1) is 52.8. The van der Waals surface area contributed by atoms with Gasteiger partial charge in [0.2, 0.25) is 5.91 Å². The Labute approximate surface area is 340 Å². The smallest absolute Gasteiger partial charge is 0.306 e. The lowest BCUT2D eigenvalue weighted by Gasteiger charge is -2.24. The minimum atomic E-state index is -0.791. The highest BCUT2D eigenvalue weighted by atomic mass is 16.5. The van der Waals surface area contributed by atoms with Gasteiger partial charge in [-0.05, 0) is 44.9 Å². The van der Waals surface area contributed by atoms with Crippen LogP contribution in [0.2, 0.25) is 0 Å². The molecule has 0 aliphatic rings. The van der Waals surface area contributed by atoms with Crippen molar-refractivity contribution in [3.63, 3.8) is 0 Å². The molecule has 0 radical (unpaired) electrons. The lowest BCUT2D eigenvalue weighted by Crippen LogP contribution is -2.46. The molecule has 0 aromatic carbocycles. The van der Waals surface area contributed by atoms with E-state index >= 15 is 0 Å². The third kappa shape index (κ3) is 38.5. The number of nitrogens with one attached hydrogen (secondary N) is 1. The van der Waals surface area contributed by atoms with Gasteiger partial charge in [0.1, 0.15) is 6.10 Å². The van der Waals surface area contributed by atoms with E-state index in [1.165, 1.54) is 109 Å². The molecule has 0 spiro atoms. The summed E-state index contributed by atoms with van der Waals surface area (Å²) in [6, 6.07) is -0.706. The SMILES string of the molecule is CC/C=C/C=C/C=C\C=C/CCCCCC(=O)OC(CCCCCCCCCC)CC(=O)NC(CO)C(O)CCCCCCCCCCCCCCCCC. The molecule has 0 aliphatic carbocycles. The summed E-state index contributed by atoms with van der Waals surface area (Å²) in [5, 5.41) is 23.7. The summed E-state index contributed by atoms with van der Waals surface area (Å²) in [4.78, 5) is 25.9. The zero-order valence-electron chi connectivity index (χ0n) is 36.3. The number of carbonyl (C=O) groups excluding carboxylic acids is 2. The molecule has 0 saturated heterocycles. The third-order valence-electron chi connectivity index (χ3n) is 10.5. The summed E-state index contributed by atoms with van der Waals surface area (Å²) in [6.07, 6.45) is 50.3. The molecule has 3 atom stereocenters. The van der Waals surface area contributed by atoms with Gasteiger partial charge in [-0.2, -0.15) is 0 Å². The van der Waals surface area contributed by atoms with Crippen LogP contribution >= 0.6 is 0 Å². The van der Waals surface area contributed by atoms with Crippen molar-refractivity contribution in [3.05, 3.63) is 48.6 Å². The van der Waals surface area contributed by atoms with Crippen LogP contribution in [0.4, 0.5) is 0 Å². The largest absolute Gasteiger partial charge is 0.462 e. The molecule has 0 aliphatic heterocycles. The van der Waals surface area contributed by atoms with Crippen LogP contribution in [-0.2, 0) is 14.3 Å². The Balaban J connectivity index is 4.50. The average molecular weight is 772 g/mol. The van der Waals surface area contributed by atoms with E-state index in [9.17, 15) is 19.8 Å². The van der Waals surface area contributed by atoms with E-state index in [2.05, 4.69) is 44.3 Å². The molecule has 0 heterocycles. The van der Waals surface area contributed by atoms with Crippen LogP contribution in [0.3, 0.4) is 0 Å². The van der Waals surface area contributed by atoms with Crippen LogP contribution in [0, 0.1) is 0 Å². The zero-order chi connectivity index (χ0) is 40.3. The van der Waals surface area contributed by atoms with Gasteiger partial charge in [-0.15, -0.1) is 0 Å². The Morgan fingerprint density at radius 1 is 0.545 bits per heavy atom. The average Bonchev–Trinajstić information content (AvgIpc) is 3.18. The number of rotatable bonds is 41. The molecule has 320 valence electrons. The molecule has 1 amide bonds. The second-order valence-corrected chi connectivity index (χ2v) is 15.9. The molecule has 0 saturated carbocycles. The normalized spacial score (nSPS) is 13.8. The maximum atomic E-state index is 13.1. The van der Waals surface area contributed by atoms with Crippen molar-refractivity contribution in [2.75, 3.05) is 6.61 Å². The molecule has 3 N–H and O–H groups in total. The number of carbonyl (C=O) groups is 2. The summed E-state index contributed by atoms with van der Waals surface area (Å²) in [7, 11) is 0. The van der Waals surface area contributed by atoms with Gasteiger partial charge in [-0.25, -0.2) is 0 Å². The fraction of sp³-hybridized carbons (Fsp3) is 0.796. The molecule has 6 heteroatoms. The first-order valence-corrected chi connectivity index (χ1v) is 23.4. The Morgan fingerprint density at radius 2 is 0.982 bits per heavy atom. The van der Waals surface area contributed by atoms with E-state index in [0.29, 0.717) is 19.3 Å². The summed E-state index contributed by atoms with van der Waals surface area (Å²) >= 11 is 0. The van der Waals surface area contributed by atoms with Crippen molar-refractivity contribution in [2.45, 2.75) is 244 Å². The molecule has 0 aromatic rings. The van der Waals surface area contributed by atoms with Crippen molar-refractivity contribution in [1.29, 1.82) is 0 Å². The lowest BCUT2D eigenvalue weighted by molar-refractivity contribution is -0.151. The summed E-state index contributed by atoms with van der Waals surface area (Å²) < 4.78 is 5.86. The number of esters is 1. The van der Waals surface area contributed by atoms with Crippen LogP contribution in [0.15, 0.2) is 48.6 Å². The van der Waals surface area contributed by atoms with Gasteiger partial charge in [0, 0.05) is 6.42 Å². The van der Waals surface area contributed by atoms with Gasteiger partial charge < -0.3 is 20.3 Å². The van der Waals surface area contributed by atoms with Crippen LogP contribution in [0.5, 0.6) is 0 Å². The predicted octanol–water partition coefficient (Wildman–Crippen LogP) is 13.5. The number of unbranched alkanes of at least 4 members (excludes halogenated alkanes) is 24. The Bertz CT molecular complexity index is 957. The number of hydrogen-bond acceptors (Lipinski definition) is 5. The summed E-state index contributed by atoms with van der Waals surface area (Å²) in [6.45, 7) is 6.31. The van der Waals surface area contributed by atoms with E-state index in [-0.39, 0.29) is 24.9 Å². The van der Waals surface area contributed by atoms with Crippen LogP contribution in [-0.4, -0.2) is 46.9 Å². The Hall–Kier alpha value is -2.18. The van der Waals surface area contributed by atoms with E-state index in [0.717, 1.165) is 70.6 Å². The van der Waals surface area contributed by atoms with Gasteiger partial charge in [-0.1, -0.05) is 217 Å². The second kappa shape index (κ2) is 43.0. The maximum Gasteiger partial charge on any atom is 0.306 e. The maximum absolute atomic E-state index is 13.1. The van der Waals surface area contributed by atoms with E-state index < -0.39 is 18.2 Å². The predicted molar refractivity (Wildman–Crippen MR) is 236 cm³/mol. The molecular formula is C49H89NO5. The minimum Gasteiger partial charge on any atom is -0.462 e. The van der Waals surface area contributed by atoms with Crippen molar-refractivity contribution >= 4 is 11.9 Å². The van der Waals surface area contributed by atoms with Crippen LogP contribution in [0.1, 0.15) is 226 Å². The Kier molecular flexibility index (Phi) is 41.2. The first-order valence-electron chi connectivity index (χ1n) is 23.4. The molecule has 0 bridgehead atoms. The van der Waals surface area contributed by atoms with Crippen molar-refractivity contribution < 1.29 is 24.5 Å². The number of aliphatic hydroxyl groups excluding tert-OH is 2. The molecular weight excluding hydrogens is 683 g/mol. The summed E-state index contributed by atoms with van der Waals surface area (Å²) in [5.74, 6) is -0.521. The van der Waals surface area contributed by atoms with Gasteiger partial charge in [-0.3, -0.25) is 9.59 Å². The highest BCUT2D eigenvalue weighted by Crippen LogP contribution is 2.17. The minimum absolute atomic E-state index is 0.0623. The van der Waals surface area contributed by atoms with Crippen molar-refractivity contribution in [2.24, 2.45) is 0 Å². The molecule has 0 rings (SSSR count). The molecule has 3 unspecified atom stereocenters. The lowest BCUT2D eigenvalue weighted by atomic mass is 10.0. The fourth-order valence-electron chi connectivity index (χ4n) is 6.97. The topological polar surface area (TPSA) is 95.9 Å². The highest BCUT2D eigenvalue weighted by molar-refractivity contribution is 5.77. The van der Waals surface area contributed by atoms with Gasteiger partial charge in [0.05, 0.1) is 25.2 Å². The monoisotopic (exact) mass is 772 g/mol. The van der Waals surface area contributed by atoms with E-state index in [1.54, 1.807) is 0 Å². The van der Waals surface area contributed by atoms with E-state index in [4.69, 9.17) is 4.74 Å². The Morgan fingerprint density at radius 3 is 1.47 bits per heavy atom. The number of hydrogen-bond donors (Lipinski definition) is 3. The van der Waals surface area contributed by atoms with Gasteiger partial charge in [0.25, 0.3) is 0 Å². The third-order valence-corrected chi connectivity index (χ3v) is 10.5. The quantitative estimate of drug-likeness (QED) is 0.0327. The second-order valence-electron chi connectivity index (χ2n) is 15.9. The highest BCUT2D eigenvalue weighted by Gasteiger charge is 2.24. The summed E-state index contributed by atoms with van der Waals surface area (Å²) in [5.41, 5.74) is 0. The van der Waals surface area contributed by atoms with Crippen molar-refractivity contribution in [3.8, 4) is 0 Å². The molecule has 0 aromatic heterocycles. The number of aliphatic hydroxyl groups is 2. The molecule has 55 heavy (non-hydrogen) atoms. The number of amides is 1. The molecule has 0 fully saturated rings. The number of allylic oxidation sites excluding steroid dienone is 8. The van der Waals surface area contributed by atoms with Crippen molar-refractivity contribution in [1.82, 2.24) is 5.32 Å². The van der Waals surface area contributed by atoms with Gasteiger partial charge in [0.15, 0.2) is 0 Å². The fourth-order valence-corrected chi connectivity index (χ4v) is 6.97. The van der Waals surface area contributed by atoms with Crippen LogP contribution < -0.4 is 5.32 Å². The zero-order valence-corrected chi connectivity index (χ0v) is 36.3.